The third kappa shape index (κ3) is 4.62. The molecule has 0 radical (unpaired) electrons. The topological polar surface area (TPSA) is 103 Å². The maximum atomic E-state index is 13.0. The molecule has 0 atom stereocenters. The van der Waals surface area contributed by atoms with E-state index in [-0.39, 0.29) is 5.78 Å². The number of allylic oxidation sites excluding steroid dienone is 2. The van der Waals surface area contributed by atoms with E-state index >= 15 is 0 Å². The number of hydrogen-bond acceptors (Lipinski definition) is 3. The van der Waals surface area contributed by atoms with Gasteiger partial charge in [-0.05, 0) is 73.2 Å². The fourth-order valence-corrected chi connectivity index (χ4v) is 3.23. The number of amides is 2. The Morgan fingerprint density at radius 2 is 1.04 bits per heavy atom. The van der Waals surface area contributed by atoms with Crippen molar-refractivity contribution < 1.29 is 14.4 Å². The molecule has 0 unspecified atom stereocenters. The van der Waals surface area contributed by atoms with Crippen LogP contribution in [0.1, 0.15) is 57.5 Å². The van der Waals surface area contributed by atoms with Crippen LogP contribution in [0, 0.1) is 0 Å². The van der Waals surface area contributed by atoms with Crippen LogP contribution in [-0.4, -0.2) is 17.6 Å². The molecule has 2 aromatic carbocycles. The zero-order valence-corrected chi connectivity index (χ0v) is 15.5. The normalized spacial score (nSPS) is 17.5. The summed E-state index contributed by atoms with van der Waals surface area (Å²) in [6.07, 6.45) is 7.07. The molecule has 2 aromatic rings. The number of hydrogen-bond donors (Lipinski definition) is 2. The highest BCUT2D eigenvalue weighted by Gasteiger charge is 2.19. The van der Waals surface area contributed by atoms with Gasteiger partial charge in [-0.2, -0.15) is 0 Å². The van der Waals surface area contributed by atoms with E-state index in [0.29, 0.717) is 24.0 Å². The molecule has 1 aliphatic rings. The summed E-state index contributed by atoms with van der Waals surface area (Å²) in [4.78, 5) is 35.4. The molecule has 1 fully saturated rings. The summed E-state index contributed by atoms with van der Waals surface area (Å²) < 4.78 is 0. The van der Waals surface area contributed by atoms with Crippen molar-refractivity contribution >= 4 is 29.7 Å². The molecule has 3 rings (SSSR count). The second-order valence-corrected chi connectivity index (χ2v) is 6.85. The second-order valence-electron chi connectivity index (χ2n) is 6.85. The molecule has 2 amide bonds. The molecular formula is C23H22N2O3. The third-order valence-electron chi connectivity index (χ3n) is 4.80. The van der Waals surface area contributed by atoms with Gasteiger partial charge in [0.2, 0.25) is 11.8 Å². The zero-order valence-electron chi connectivity index (χ0n) is 15.5. The Balaban J connectivity index is 1.86. The molecule has 0 aliphatic heterocycles. The number of ketones is 1. The lowest BCUT2D eigenvalue weighted by Gasteiger charge is -2.06. The Labute approximate surface area is 163 Å². The van der Waals surface area contributed by atoms with Crippen molar-refractivity contribution in [1.82, 2.24) is 0 Å². The van der Waals surface area contributed by atoms with Crippen molar-refractivity contribution in [3.63, 3.8) is 0 Å². The fourth-order valence-electron chi connectivity index (χ4n) is 3.23. The Hall–Kier alpha value is -3.47. The standard InChI is InChI=1S/C23H22N2O3/c24-22(27)17-9-5-15(6-10-17)13-19-3-1-2-4-20(21(19)26)14-16-7-11-18(12-8-16)23(25)28/h5-14H,1-4H2,(H2,24,27)(H2,25,28)/b19-13-,20-14-. The van der Waals surface area contributed by atoms with E-state index in [4.69, 9.17) is 11.5 Å². The zero-order chi connectivity index (χ0) is 20.1. The summed E-state index contributed by atoms with van der Waals surface area (Å²) >= 11 is 0. The first-order valence-corrected chi connectivity index (χ1v) is 9.19. The SMILES string of the molecule is NC(=O)c1ccc(/C=C2/CCCC/C(=C/c3ccc(C(N)=O)cc3)C2=O)cc1. The molecule has 5 heteroatoms. The first-order valence-electron chi connectivity index (χ1n) is 9.19. The summed E-state index contributed by atoms with van der Waals surface area (Å²) in [5, 5.41) is 0. The van der Waals surface area contributed by atoms with Crippen LogP contribution in [0.3, 0.4) is 0 Å². The molecule has 1 saturated carbocycles. The number of primary amides is 2. The molecule has 28 heavy (non-hydrogen) atoms. The van der Waals surface area contributed by atoms with Crippen LogP contribution in [0.15, 0.2) is 59.7 Å². The quantitative estimate of drug-likeness (QED) is 0.632. The van der Waals surface area contributed by atoms with Crippen LogP contribution in [0.25, 0.3) is 12.2 Å². The number of Topliss-reactive ketones (excluding diaryl/α,β-unsaturated/α-hetero) is 1. The van der Waals surface area contributed by atoms with Crippen molar-refractivity contribution in [1.29, 1.82) is 0 Å². The Bertz CT molecular complexity index is 888. The van der Waals surface area contributed by atoms with E-state index in [1.807, 2.05) is 12.2 Å². The Morgan fingerprint density at radius 3 is 1.36 bits per heavy atom. The van der Waals surface area contributed by atoms with Gasteiger partial charge >= 0.3 is 0 Å². The van der Waals surface area contributed by atoms with Gasteiger partial charge in [-0.3, -0.25) is 14.4 Å². The van der Waals surface area contributed by atoms with Gasteiger partial charge in [0.1, 0.15) is 0 Å². The average Bonchev–Trinajstić information content (AvgIpc) is 2.85. The first-order chi connectivity index (χ1) is 13.4. The minimum Gasteiger partial charge on any atom is -0.366 e. The van der Waals surface area contributed by atoms with Gasteiger partial charge in [0, 0.05) is 22.3 Å². The van der Waals surface area contributed by atoms with Crippen molar-refractivity contribution in [2.45, 2.75) is 25.7 Å². The lowest BCUT2D eigenvalue weighted by molar-refractivity contribution is -0.112. The molecule has 0 aromatic heterocycles. The molecule has 5 nitrogen and oxygen atoms in total. The van der Waals surface area contributed by atoms with Crippen LogP contribution in [0.4, 0.5) is 0 Å². The molecule has 0 heterocycles. The van der Waals surface area contributed by atoms with Gasteiger partial charge in [-0.15, -0.1) is 0 Å². The molecule has 142 valence electrons. The van der Waals surface area contributed by atoms with Crippen molar-refractivity contribution in [2.24, 2.45) is 11.5 Å². The predicted octanol–water partition coefficient (Wildman–Crippen LogP) is 3.49. The van der Waals surface area contributed by atoms with Gasteiger partial charge in [0.25, 0.3) is 0 Å². The lowest BCUT2D eigenvalue weighted by Crippen LogP contribution is -2.10. The number of benzene rings is 2. The largest absolute Gasteiger partial charge is 0.366 e. The van der Waals surface area contributed by atoms with Gasteiger partial charge in [-0.25, -0.2) is 0 Å². The Morgan fingerprint density at radius 1 is 0.679 bits per heavy atom. The van der Waals surface area contributed by atoms with Gasteiger partial charge in [0.15, 0.2) is 5.78 Å². The van der Waals surface area contributed by atoms with E-state index in [1.54, 1.807) is 48.5 Å². The van der Waals surface area contributed by atoms with Crippen molar-refractivity contribution in [2.75, 3.05) is 0 Å². The van der Waals surface area contributed by atoms with Crippen LogP contribution in [-0.2, 0) is 4.79 Å². The van der Waals surface area contributed by atoms with Gasteiger partial charge in [-0.1, -0.05) is 24.3 Å². The summed E-state index contributed by atoms with van der Waals surface area (Å²) in [7, 11) is 0. The van der Waals surface area contributed by atoms with Crippen LogP contribution in [0.5, 0.6) is 0 Å². The molecule has 1 aliphatic carbocycles. The summed E-state index contributed by atoms with van der Waals surface area (Å²) in [6.45, 7) is 0. The van der Waals surface area contributed by atoms with E-state index in [9.17, 15) is 14.4 Å². The third-order valence-corrected chi connectivity index (χ3v) is 4.80. The first kappa shape index (κ1) is 19.3. The van der Waals surface area contributed by atoms with Crippen LogP contribution >= 0.6 is 0 Å². The van der Waals surface area contributed by atoms with E-state index < -0.39 is 11.8 Å². The fraction of sp³-hybridized carbons (Fsp3) is 0.174. The highest BCUT2D eigenvalue weighted by Crippen LogP contribution is 2.27. The summed E-state index contributed by atoms with van der Waals surface area (Å²) in [6, 6.07) is 13.8. The molecular weight excluding hydrogens is 352 g/mol. The van der Waals surface area contributed by atoms with E-state index in [0.717, 1.165) is 35.1 Å². The van der Waals surface area contributed by atoms with Gasteiger partial charge < -0.3 is 11.5 Å². The number of carbonyl (C=O) groups is 3. The van der Waals surface area contributed by atoms with E-state index in [2.05, 4.69) is 0 Å². The summed E-state index contributed by atoms with van der Waals surface area (Å²) in [5.41, 5.74) is 14.6. The van der Waals surface area contributed by atoms with Crippen molar-refractivity contribution in [3.8, 4) is 0 Å². The number of rotatable bonds is 4. The molecule has 4 N–H and O–H groups in total. The lowest BCUT2D eigenvalue weighted by atomic mass is 9.97. The van der Waals surface area contributed by atoms with E-state index in [1.165, 1.54) is 0 Å². The Kier molecular flexibility index (Phi) is 5.84. The smallest absolute Gasteiger partial charge is 0.248 e. The average molecular weight is 374 g/mol. The number of carbonyl (C=O) groups excluding carboxylic acids is 3. The molecule has 0 spiro atoms. The maximum absolute atomic E-state index is 13.0. The minimum absolute atomic E-state index is 0.0375. The van der Waals surface area contributed by atoms with Crippen molar-refractivity contribution in [3.05, 3.63) is 81.9 Å². The second kappa shape index (κ2) is 8.48. The molecule has 0 bridgehead atoms. The van der Waals surface area contributed by atoms with Crippen LogP contribution < -0.4 is 11.5 Å². The predicted molar refractivity (Wildman–Crippen MR) is 109 cm³/mol. The monoisotopic (exact) mass is 374 g/mol. The summed E-state index contributed by atoms with van der Waals surface area (Å²) in [5.74, 6) is -0.912. The maximum Gasteiger partial charge on any atom is 0.248 e. The number of nitrogens with two attached hydrogens (primary N) is 2. The van der Waals surface area contributed by atoms with Gasteiger partial charge in [0.05, 0.1) is 0 Å². The van der Waals surface area contributed by atoms with Crippen LogP contribution in [0.2, 0.25) is 0 Å². The minimum atomic E-state index is -0.475. The molecule has 0 saturated heterocycles. The highest BCUT2D eigenvalue weighted by atomic mass is 16.1. The highest BCUT2D eigenvalue weighted by molar-refractivity contribution is 6.13.